The smallest absolute Gasteiger partial charge is 0.254 e. The van der Waals surface area contributed by atoms with Crippen molar-refractivity contribution in [1.82, 2.24) is 5.32 Å². The van der Waals surface area contributed by atoms with Gasteiger partial charge in [-0.3, -0.25) is 9.59 Å². The maximum Gasteiger partial charge on any atom is 0.254 e. The zero-order chi connectivity index (χ0) is 25.5. The molecule has 0 saturated heterocycles. The summed E-state index contributed by atoms with van der Waals surface area (Å²) in [7, 11) is 2.98. The monoisotopic (exact) mass is 482 g/mol. The molecule has 35 heavy (non-hydrogen) atoms. The maximum absolute atomic E-state index is 14.3. The van der Waals surface area contributed by atoms with Gasteiger partial charge in [-0.05, 0) is 37.0 Å². The van der Waals surface area contributed by atoms with Crippen molar-refractivity contribution in [2.45, 2.75) is 39.5 Å². The molecule has 0 bridgehead atoms. The van der Waals surface area contributed by atoms with Crippen molar-refractivity contribution in [2.75, 3.05) is 19.5 Å². The molecule has 2 aromatic carbocycles. The van der Waals surface area contributed by atoms with Crippen molar-refractivity contribution in [1.29, 1.82) is 0 Å². The van der Waals surface area contributed by atoms with Gasteiger partial charge < -0.3 is 20.1 Å². The molecule has 1 aliphatic heterocycles. The molecule has 8 heteroatoms. The van der Waals surface area contributed by atoms with Crippen LogP contribution in [0, 0.1) is 17.0 Å². The molecule has 6 nitrogen and oxygen atoms in total. The fraction of sp³-hybridized carbons (Fsp3) is 0.333. The second-order valence-corrected chi connectivity index (χ2v) is 9.56. The Hall–Kier alpha value is -3.68. The summed E-state index contributed by atoms with van der Waals surface area (Å²) in [5, 5.41) is 5.61. The minimum absolute atomic E-state index is 0.103. The molecule has 1 amide bonds. The van der Waals surface area contributed by atoms with Crippen LogP contribution in [-0.4, -0.2) is 25.9 Å². The van der Waals surface area contributed by atoms with Crippen LogP contribution in [0.2, 0.25) is 0 Å². The maximum atomic E-state index is 14.3. The Labute approximate surface area is 203 Å². The van der Waals surface area contributed by atoms with E-state index in [0.29, 0.717) is 41.2 Å². The molecule has 0 saturated carbocycles. The normalized spacial score (nSPS) is 19.2. The average molecular weight is 483 g/mol. The summed E-state index contributed by atoms with van der Waals surface area (Å²) in [6.07, 6.45) is 0.900. The number of carbonyl (C=O) groups excluding carboxylic acids is 2. The van der Waals surface area contributed by atoms with Gasteiger partial charge >= 0.3 is 0 Å². The van der Waals surface area contributed by atoms with Gasteiger partial charge in [-0.1, -0.05) is 32.0 Å². The number of hydrogen-bond donors (Lipinski definition) is 2. The topological polar surface area (TPSA) is 76.7 Å². The molecular weight excluding hydrogens is 454 g/mol. The Kier molecular flexibility index (Phi) is 6.40. The van der Waals surface area contributed by atoms with E-state index in [0.717, 1.165) is 17.8 Å². The predicted molar refractivity (Wildman–Crippen MR) is 128 cm³/mol. The Morgan fingerprint density at radius 3 is 2.34 bits per heavy atom. The number of Topliss-reactive ketones (excluding diaryl/α,β-unsaturated/α-hetero) is 1. The average Bonchev–Trinajstić information content (AvgIpc) is 2.79. The van der Waals surface area contributed by atoms with Crippen LogP contribution in [0.25, 0.3) is 0 Å². The van der Waals surface area contributed by atoms with E-state index >= 15 is 0 Å². The van der Waals surface area contributed by atoms with Crippen molar-refractivity contribution in [3.63, 3.8) is 0 Å². The third-order valence-electron chi connectivity index (χ3n) is 6.43. The molecule has 1 aliphatic carbocycles. The number of para-hydroxylation sites is 2. The fourth-order valence-electron chi connectivity index (χ4n) is 4.99. The van der Waals surface area contributed by atoms with E-state index in [4.69, 9.17) is 9.47 Å². The van der Waals surface area contributed by atoms with Gasteiger partial charge in [0.2, 0.25) is 0 Å². The van der Waals surface area contributed by atoms with E-state index in [-0.39, 0.29) is 16.8 Å². The van der Waals surface area contributed by atoms with Crippen molar-refractivity contribution in [3.8, 4) is 11.5 Å². The number of nitrogens with one attached hydrogen (secondary N) is 2. The number of ether oxygens (including phenoxy) is 2. The number of carbonyl (C=O) groups is 2. The van der Waals surface area contributed by atoms with Crippen molar-refractivity contribution >= 4 is 17.4 Å². The first-order chi connectivity index (χ1) is 16.6. The molecular formula is C27H28F2N2O4. The number of rotatable bonds is 5. The molecule has 0 spiro atoms. The molecule has 1 heterocycles. The van der Waals surface area contributed by atoms with Gasteiger partial charge in [0.1, 0.15) is 17.3 Å². The quantitative estimate of drug-likeness (QED) is 0.611. The van der Waals surface area contributed by atoms with Gasteiger partial charge in [-0.25, -0.2) is 8.78 Å². The van der Waals surface area contributed by atoms with Gasteiger partial charge in [-0.15, -0.1) is 0 Å². The number of allylic oxidation sites excluding steroid dienone is 3. The first-order valence-corrected chi connectivity index (χ1v) is 11.3. The standard InChI is InChI=1S/C27H28F2N2O4/c1-14-21(26(33)31-24-16(28)9-7-10-17(24)29)22(15-8-6-11-20(34-4)25(15)35-5)23-18(30-14)12-27(2,3)13-19(23)32/h6-11,22,30H,12-13H2,1-5H3,(H,31,33). The third kappa shape index (κ3) is 4.40. The molecule has 1 unspecified atom stereocenters. The first-order valence-electron chi connectivity index (χ1n) is 11.3. The minimum Gasteiger partial charge on any atom is -0.493 e. The highest BCUT2D eigenvalue weighted by atomic mass is 19.1. The molecule has 2 aliphatic rings. The summed E-state index contributed by atoms with van der Waals surface area (Å²) < 4.78 is 39.8. The van der Waals surface area contributed by atoms with Crippen LogP contribution in [0.15, 0.2) is 58.9 Å². The van der Waals surface area contributed by atoms with E-state index in [1.165, 1.54) is 20.3 Å². The lowest BCUT2D eigenvalue weighted by Gasteiger charge is -2.40. The summed E-state index contributed by atoms with van der Waals surface area (Å²) in [6.45, 7) is 5.74. The highest BCUT2D eigenvalue weighted by Crippen LogP contribution is 2.50. The number of halogens is 2. The SMILES string of the molecule is COc1cccc(C2C(C(=O)Nc3c(F)cccc3F)=C(C)NC3=C2C(=O)CC(C)(C)C3)c1OC. The van der Waals surface area contributed by atoms with Crippen LogP contribution in [-0.2, 0) is 9.59 Å². The molecule has 184 valence electrons. The van der Waals surface area contributed by atoms with E-state index in [9.17, 15) is 18.4 Å². The van der Waals surface area contributed by atoms with Crippen LogP contribution in [0.1, 0.15) is 45.1 Å². The van der Waals surface area contributed by atoms with Crippen LogP contribution in [0.3, 0.4) is 0 Å². The van der Waals surface area contributed by atoms with Crippen LogP contribution >= 0.6 is 0 Å². The number of methoxy groups -OCH3 is 2. The van der Waals surface area contributed by atoms with Crippen LogP contribution in [0.5, 0.6) is 11.5 Å². The number of amides is 1. The molecule has 0 radical (unpaired) electrons. The number of dihydropyridines is 1. The summed E-state index contributed by atoms with van der Waals surface area (Å²) in [4.78, 5) is 27.1. The summed E-state index contributed by atoms with van der Waals surface area (Å²) in [5.74, 6) is -2.63. The molecule has 0 aromatic heterocycles. The molecule has 1 atom stereocenters. The van der Waals surface area contributed by atoms with E-state index < -0.39 is 29.1 Å². The van der Waals surface area contributed by atoms with Crippen molar-refractivity contribution in [3.05, 3.63) is 76.1 Å². The Morgan fingerprint density at radius 2 is 1.71 bits per heavy atom. The molecule has 4 rings (SSSR count). The predicted octanol–water partition coefficient (Wildman–Crippen LogP) is 5.22. The van der Waals surface area contributed by atoms with Gasteiger partial charge in [-0.2, -0.15) is 0 Å². The number of hydrogen-bond acceptors (Lipinski definition) is 5. The first kappa shape index (κ1) is 24.4. The van der Waals surface area contributed by atoms with E-state index in [2.05, 4.69) is 10.6 Å². The molecule has 2 aromatic rings. The van der Waals surface area contributed by atoms with E-state index in [1.807, 2.05) is 13.8 Å². The van der Waals surface area contributed by atoms with Gasteiger partial charge in [0.25, 0.3) is 5.91 Å². The second-order valence-electron chi connectivity index (χ2n) is 9.56. The van der Waals surface area contributed by atoms with Gasteiger partial charge in [0, 0.05) is 34.5 Å². The zero-order valence-electron chi connectivity index (χ0n) is 20.3. The number of ketones is 1. The van der Waals surface area contributed by atoms with Crippen molar-refractivity contribution < 1.29 is 27.8 Å². The highest BCUT2D eigenvalue weighted by Gasteiger charge is 2.44. The summed E-state index contributed by atoms with van der Waals surface area (Å²) in [6, 6.07) is 8.58. The summed E-state index contributed by atoms with van der Waals surface area (Å²) >= 11 is 0. The summed E-state index contributed by atoms with van der Waals surface area (Å²) in [5.41, 5.74) is 1.57. The Morgan fingerprint density at radius 1 is 1.06 bits per heavy atom. The molecule has 0 fully saturated rings. The third-order valence-corrected chi connectivity index (χ3v) is 6.43. The minimum atomic E-state index is -0.897. The molecule has 2 N–H and O–H groups in total. The Bertz CT molecular complexity index is 1260. The fourth-order valence-corrected chi connectivity index (χ4v) is 4.99. The van der Waals surface area contributed by atoms with E-state index in [1.54, 1.807) is 25.1 Å². The Balaban J connectivity index is 1.91. The largest absolute Gasteiger partial charge is 0.493 e. The lowest BCUT2D eigenvalue weighted by molar-refractivity contribution is -0.118. The van der Waals surface area contributed by atoms with Crippen LogP contribution < -0.4 is 20.1 Å². The number of benzene rings is 2. The zero-order valence-corrected chi connectivity index (χ0v) is 20.3. The van der Waals surface area contributed by atoms with Gasteiger partial charge in [0.05, 0.1) is 20.1 Å². The lowest BCUT2D eigenvalue weighted by Crippen LogP contribution is -2.39. The van der Waals surface area contributed by atoms with Crippen LogP contribution in [0.4, 0.5) is 14.5 Å². The van der Waals surface area contributed by atoms with Gasteiger partial charge in [0.15, 0.2) is 17.3 Å². The lowest BCUT2D eigenvalue weighted by atomic mass is 9.68. The van der Waals surface area contributed by atoms with Crippen molar-refractivity contribution in [2.24, 2.45) is 5.41 Å². The highest BCUT2D eigenvalue weighted by molar-refractivity contribution is 6.10. The second kappa shape index (κ2) is 9.17. The number of anilines is 1.